The zero-order valence-electron chi connectivity index (χ0n) is 11.0. The number of carbonyl (C=O) groups is 1. The van der Waals surface area contributed by atoms with Gasteiger partial charge in [0.2, 0.25) is 0 Å². The van der Waals surface area contributed by atoms with Crippen LogP contribution < -0.4 is 0 Å². The summed E-state index contributed by atoms with van der Waals surface area (Å²) >= 11 is 1.15. The highest BCUT2D eigenvalue weighted by molar-refractivity contribution is 8.01. The van der Waals surface area contributed by atoms with Gasteiger partial charge in [0.05, 0.1) is 0 Å². The molecule has 0 saturated heterocycles. The number of hydrogen-bond acceptors (Lipinski definition) is 2. The molecule has 0 heterocycles. The van der Waals surface area contributed by atoms with Crippen LogP contribution in [0.4, 0.5) is 13.2 Å². The monoisotopic (exact) mass is 286 g/mol. The number of aliphatic carboxylic acids is 1. The van der Waals surface area contributed by atoms with Gasteiger partial charge in [-0.05, 0) is 24.5 Å². The van der Waals surface area contributed by atoms with Gasteiger partial charge in [-0.15, -0.1) is 11.8 Å². The number of alkyl halides is 3. The number of rotatable bonds is 8. The van der Waals surface area contributed by atoms with E-state index in [1.807, 2.05) is 6.92 Å². The molecule has 0 aromatic heterocycles. The molecule has 0 fully saturated rings. The van der Waals surface area contributed by atoms with E-state index in [1.165, 1.54) is 0 Å². The maximum absolute atomic E-state index is 12.0. The molecule has 1 unspecified atom stereocenters. The van der Waals surface area contributed by atoms with E-state index in [0.717, 1.165) is 11.8 Å². The molecule has 0 bridgehead atoms. The highest BCUT2D eigenvalue weighted by atomic mass is 32.2. The van der Waals surface area contributed by atoms with Crippen molar-refractivity contribution < 1.29 is 23.1 Å². The third-order valence-electron chi connectivity index (χ3n) is 2.88. The molecule has 0 aliphatic rings. The number of thioether (sulfide) groups is 1. The van der Waals surface area contributed by atoms with E-state index in [1.54, 1.807) is 13.8 Å². The Morgan fingerprint density at radius 3 is 2.17 bits per heavy atom. The van der Waals surface area contributed by atoms with Gasteiger partial charge in [-0.25, -0.2) is 0 Å². The van der Waals surface area contributed by atoms with Gasteiger partial charge in [-0.1, -0.05) is 27.2 Å². The predicted molar refractivity (Wildman–Crippen MR) is 67.9 cm³/mol. The second kappa shape index (κ2) is 7.26. The molecule has 1 atom stereocenters. The normalized spacial score (nSPS) is 15.7. The van der Waals surface area contributed by atoms with Gasteiger partial charge in [0.1, 0.15) is 4.75 Å². The first kappa shape index (κ1) is 17.6. The van der Waals surface area contributed by atoms with Gasteiger partial charge in [0.25, 0.3) is 0 Å². The van der Waals surface area contributed by atoms with E-state index in [4.69, 9.17) is 0 Å². The molecule has 0 aliphatic heterocycles. The summed E-state index contributed by atoms with van der Waals surface area (Å²) in [6, 6.07) is 0. The van der Waals surface area contributed by atoms with Gasteiger partial charge in [-0.2, -0.15) is 13.2 Å². The first-order valence-electron chi connectivity index (χ1n) is 6.10. The summed E-state index contributed by atoms with van der Waals surface area (Å²) in [6.07, 6.45) is -3.85. The molecule has 6 heteroatoms. The Morgan fingerprint density at radius 1 is 1.28 bits per heavy atom. The Labute approximate surface area is 110 Å². The fraction of sp³-hybridized carbons (Fsp3) is 0.917. The van der Waals surface area contributed by atoms with Crippen molar-refractivity contribution in [2.75, 3.05) is 5.75 Å². The van der Waals surface area contributed by atoms with Crippen LogP contribution in [0.25, 0.3) is 0 Å². The van der Waals surface area contributed by atoms with Gasteiger partial charge in [0.15, 0.2) is 0 Å². The Bertz CT molecular complexity index is 267. The molecule has 18 heavy (non-hydrogen) atoms. The average molecular weight is 286 g/mol. The summed E-state index contributed by atoms with van der Waals surface area (Å²) in [6.45, 7) is 5.50. The molecule has 0 amide bonds. The average Bonchev–Trinajstić information content (AvgIpc) is 2.20. The minimum absolute atomic E-state index is 0.0281. The van der Waals surface area contributed by atoms with Crippen LogP contribution in [0.5, 0.6) is 0 Å². The first-order chi connectivity index (χ1) is 8.15. The molecule has 0 saturated carbocycles. The summed E-state index contributed by atoms with van der Waals surface area (Å²) in [5, 5.41) is 9.34. The van der Waals surface area contributed by atoms with Crippen molar-refractivity contribution >= 4 is 17.7 Å². The predicted octanol–water partition coefficient (Wildman–Crippen LogP) is 4.34. The SMILES string of the molecule is CCCC(SCCCC(F)(F)F)(C(=O)O)C(C)C. The molecule has 1 N–H and O–H groups in total. The topological polar surface area (TPSA) is 37.3 Å². The van der Waals surface area contributed by atoms with E-state index in [9.17, 15) is 23.1 Å². The lowest BCUT2D eigenvalue weighted by molar-refractivity contribution is -0.141. The Hall–Kier alpha value is -0.390. The molecule has 108 valence electrons. The molecular formula is C12H21F3O2S. The number of carboxylic acids is 1. The molecule has 0 spiro atoms. The Balaban J connectivity index is 4.47. The van der Waals surface area contributed by atoms with Crippen LogP contribution in [-0.4, -0.2) is 27.8 Å². The zero-order chi connectivity index (χ0) is 14.4. The fourth-order valence-electron chi connectivity index (χ4n) is 1.84. The quantitative estimate of drug-likeness (QED) is 0.674. The Kier molecular flexibility index (Phi) is 7.10. The number of halogens is 3. The standard InChI is InChI=1S/C12H21F3O2S/c1-4-6-11(9(2)3,10(16)17)18-8-5-7-12(13,14)15/h9H,4-8H2,1-3H3,(H,16,17). The lowest BCUT2D eigenvalue weighted by Gasteiger charge is -2.32. The summed E-state index contributed by atoms with van der Waals surface area (Å²) in [5.41, 5.74) is 0. The van der Waals surface area contributed by atoms with Crippen molar-refractivity contribution in [1.29, 1.82) is 0 Å². The van der Waals surface area contributed by atoms with Crippen LogP contribution in [0.15, 0.2) is 0 Å². The second-order valence-corrected chi connectivity index (χ2v) is 6.09. The molecule has 0 aromatic carbocycles. The van der Waals surface area contributed by atoms with Gasteiger partial charge < -0.3 is 5.11 Å². The smallest absolute Gasteiger partial charge is 0.389 e. The van der Waals surface area contributed by atoms with Crippen LogP contribution in [0.1, 0.15) is 46.5 Å². The maximum Gasteiger partial charge on any atom is 0.389 e. The molecule has 2 nitrogen and oxygen atoms in total. The minimum Gasteiger partial charge on any atom is -0.480 e. The van der Waals surface area contributed by atoms with Crippen LogP contribution in [-0.2, 0) is 4.79 Å². The minimum atomic E-state index is -4.16. The highest BCUT2D eigenvalue weighted by Gasteiger charge is 2.41. The van der Waals surface area contributed by atoms with Gasteiger partial charge >= 0.3 is 12.1 Å². The largest absolute Gasteiger partial charge is 0.480 e. The van der Waals surface area contributed by atoms with E-state index in [-0.39, 0.29) is 18.1 Å². The highest BCUT2D eigenvalue weighted by Crippen LogP contribution is 2.39. The van der Waals surface area contributed by atoms with Gasteiger partial charge in [0, 0.05) is 6.42 Å². The van der Waals surface area contributed by atoms with Crippen molar-refractivity contribution in [3.63, 3.8) is 0 Å². The first-order valence-corrected chi connectivity index (χ1v) is 7.08. The maximum atomic E-state index is 12.0. The van der Waals surface area contributed by atoms with E-state index >= 15 is 0 Å². The van der Waals surface area contributed by atoms with E-state index < -0.39 is 23.3 Å². The van der Waals surface area contributed by atoms with Crippen LogP contribution in [0.3, 0.4) is 0 Å². The molecule has 0 aliphatic carbocycles. The second-order valence-electron chi connectivity index (χ2n) is 4.67. The zero-order valence-corrected chi connectivity index (χ0v) is 11.8. The molecular weight excluding hydrogens is 265 g/mol. The Morgan fingerprint density at radius 2 is 1.83 bits per heavy atom. The van der Waals surface area contributed by atoms with Crippen molar-refractivity contribution in [3.8, 4) is 0 Å². The van der Waals surface area contributed by atoms with Crippen molar-refractivity contribution in [2.45, 2.75) is 57.4 Å². The van der Waals surface area contributed by atoms with Crippen LogP contribution in [0.2, 0.25) is 0 Å². The van der Waals surface area contributed by atoms with Gasteiger partial charge in [-0.3, -0.25) is 4.79 Å². The molecule has 0 radical (unpaired) electrons. The number of carboxylic acid groups (broad SMARTS) is 1. The van der Waals surface area contributed by atoms with Crippen molar-refractivity contribution in [3.05, 3.63) is 0 Å². The molecule has 0 rings (SSSR count). The summed E-state index contributed by atoms with van der Waals surface area (Å²) in [4.78, 5) is 11.4. The van der Waals surface area contributed by atoms with E-state index in [0.29, 0.717) is 12.8 Å². The van der Waals surface area contributed by atoms with E-state index in [2.05, 4.69) is 0 Å². The molecule has 0 aromatic rings. The third kappa shape index (κ3) is 5.50. The summed E-state index contributed by atoms with van der Waals surface area (Å²) < 4.78 is 35.1. The van der Waals surface area contributed by atoms with Crippen molar-refractivity contribution in [2.24, 2.45) is 5.92 Å². The van der Waals surface area contributed by atoms with Crippen molar-refractivity contribution in [1.82, 2.24) is 0 Å². The summed E-state index contributed by atoms with van der Waals surface area (Å²) in [7, 11) is 0. The van der Waals surface area contributed by atoms with Crippen LogP contribution in [0, 0.1) is 5.92 Å². The third-order valence-corrected chi connectivity index (χ3v) is 4.74. The fourth-order valence-corrected chi connectivity index (χ4v) is 3.30. The lowest BCUT2D eigenvalue weighted by atomic mass is 9.90. The number of hydrogen-bond donors (Lipinski definition) is 1. The van der Waals surface area contributed by atoms with Crippen LogP contribution >= 0.6 is 11.8 Å². The lowest BCUT2D eigenvalue weighted by Crippen LogP contribution is -2.40. The summed E-state index contributed by atoms with van der Waals surface area (Å²) in [5.74, 6) is -0.800.